The molecule has 0 bridgehead atoms. The van der Waals surface area contributed by atoms with Crippen LogP contribution in [0.25, 0.3) is 120 Å². The highest BCUT2D eigenvalue weighted by Gasteiger charge is 2.37. The SMILES string of the molecule is CC1(C)c2cc3ccccc3cc2-c2c1ccc1oc3cc(-c4ccc(-c5c6ccccc6c(-c6cccc7ccccc67)c6ccccc56)c5ccccc45)ccc3c21. The van der Waals surface area contributed by atoms with Crippen molar-refractivity contribution in [3.8, 4) is 44.5 Å². The lowest BCUT2D eigenvalue weighted by Crippen LogP contribution is -2.14. The summed E-state index contributed by atoms with van der Waals surface area (Å²) in [5.41, 5.74) is 14.5. The Morgan fingerprint density at radius 1 is 0.317 bits per heavy atom. The standard InChI is InChI=1S/C59H38O/c1-59(2)51-30-31-53-58(57(51)50-32-36-15-3-4-16-37(36)33-52(50)59)49-27-26-38(34-54(49)60-53)40-28-29-48(42-20-8-7-19-41(40)42)56-46-23-11-9-21-44(46)55(45-22-10-12-24-47(45)56)43-25-13-17-35-14-5-6-18-39(35)43/h3-34H,1-2H3. The molecule has 280 valence electrons. The van der Waals surface area contributed by atoms with Crippen LogP contribution in [0.5, 0.6) is 0 Å². The first-order valence-electron chi connectivity index (χ1n) is 21.0. The van der Waals surface area contributed by atoms with E-state index in [2.05, 4.69) is 208 Å². The van der Waals surface area contributed by atoms with Gasteiger partial charge in [0, 0.05) is 16.2 Å². The third-order valence-electron chi connectivity index (χ3n) is 13.6. The van der Waals surface area contributed by atoms with Crippen molar-refractivity contribution in [2.45, 2.75) is 19.3 Å². The maximum atomic E-state index is 6.79. The molecule has 11 aromatic carbocycles. The second-order valence-corrected chi connectivity index (χ2v) is 17.1. The van der Waals surface area contributed by atoms with E-state index in [1.165, 1.54) is 109 Å². The molecular weight excluding hydrogens is 725 g/mol. The van der Waals surface area contributed by atoms with E-state index in [9.17, 15) is 0 Å². The molecule has 1 aromatic heterocycles. The Labute approximate surface area is 347 Å². The first-order chi connectivity index (χ1) is 29.5. The first kappa shape index (κ1) is 33.5. The van der Waals surface area contributed by atoms with E-state index in [1.54, 1.807) is 0 Å². The van der Waals surface area contributed by atoms with Crippen LogP contribution in [0, 0.1) is 0 Å². The van der Waals surface area contributed by atoms with Gasteiger partial charge < -0.3 is 4.42 Å². The molecule has 1 heteroatoms. The van der Waals surface area contributed by atoms with Crippen LogP contribution in [0.2, 0.25) is 0 Å². The molecule has 60 heavy (non-hydrogen) atoms. The molecule has 1 aliphatic carbocycles. The van der Waals surface area contributed by atoms with Crippen molar-refractivity contribution in [2.75, 3.05) is 0 Å². The molecule has 1 heterocycles. The third-order valence-corrected chi connectivity index (χ3v) is 13.6. The predicted octanol–water partition coefficient (Wildman–Crippen LogP) is 16.7. The van der Waals surface area contributed by atoms with Gasteiger partial charge in [-0.1, -0.05) is 178 Å². The van der Waals surface area contributed by atoms with E-state index < -0.39 is 0 Å². The fraction of sp³-hybridized carbons (Fsp3) is 0.0508. The maximum absolute atomic E-state index is 6.79. The fourth-order valence-corrected chi connectivity index (χ4v) is 10.9. The third kappa shape index (κ3) is 4.58. The number of furan rings is 1. The van der Waals surface area contributed by atoms with Gasteiger partial charge in [-0.25, -0.2) is 0 Å². The highest BCUT2D eigenvalue weighted by molar-refractivity contribution is 6.26. The summed E-state index contributed by atoms with van der Waals surface area (Å²) in [6.45, 7) is 4.72. The summed E-state index contributed by atoms with van der Waals surface area (Å²) in [4.78, 5) is 0. The molecule has 0 aliphatic heterocycles. The molecule has 0 saturated heterocycles. The molecule has 1 aliphatic rings. The van der Waals surface area contributed by atoms with Gasteiger partial charge in [0.25, 0.3) is 0 Å². The second kappa shape index (κ2) is 12.3. The number of fused-ring (bicyclic) bond motifs is 12. The molecule has 13 rings (SSSR count). The zero-order chi connectivity index (χ0) is 39.7. The zero-order valence-electron chi connectivity index (χ0n) is 33.4. The van der Waals surface area contributed by atoms with E-state index in [4.69, 9.17) is 4.42 Å². The number of benzene rings is 11. The fourth-order valence-electron chi connectivity index (χ4n) is 10.9. The summed E-state index contributed by atoms with van der Waals surface area (Å²) in [5, 5.41) is 14.9. The van der Waals surface area contributed by atoms with Gasteiger partial charge in [-0.3, -0.25) is 0 Å². The van der Waals surface area contributed by atoms with Crippen molar-refractivity contribution in [1.29, 1.82) is 0 Å². The van der Waals surface area contributed by atoms with E-state index in [-0.39, 0.29) is 5.41 Å². The molecule has 0 N–H and O–H groups in total. The minimum atomic E-state index is -0.111. The van der Waals surface area contributed by atoms with Crippen molar-refractivity contribution >= 4 is 75.8 Å². The Kier molecular flexibility index (Phi) is 6.85. The number of hydrogen-bond acceptors (Lipinski definition) is 1. The van der Waals surface area contributed by atoms with Crippen molar-refractivity contribution in [2.24, 2.45) is 0 Å². The lowest BCUT2D eigenvalue weighted by atomic mass is 9.81. The normalized spacial score (nSPS) is 13.3. The van der Waals surface area contributed by atoms with E-state index in [0.717, 1.165) is 22.1 Å². The monoisotopic (exact) mass is 762 g/mol. The van der Waals surface area contributed by atoms with Crippen LogP contribution in [0.3, 0.4) is 0 Å². The largest absolute Gasteiger partial charge is 0.456 e. The number of hydrogen-bond donors (Lipinski definition) is 0. The molecule has 12 aromatic rings. The van der Waals surface area contributed by atoms with Gasteiger partial charge >= 0.3 is 0 Å². The summed E-state index contributed by atoms with van der Waals surface area (Å²) >= 11 is 0. The maximum Gasteiger partial charge on any atom is 0.136 e. The Bertz CT molecular complexity index is 3740. The number of rotatable bonds is 3. The van der Waals surface area contributed by atoms with Gasteiger partial charge in [-0.2, -0.15) is 0 Å². The van der Waals surface area contributed by atoms with Crippen LogP contribution in [-0.2, 0) is 5.41 Å². The predicted molar refractivity (Wildman–Crippen MR) is 255 cm³/mol. The molecule has 0 unspecified atom stereocenters. The minimum Gasteiger partial charge on any atom is -0.456 e. The van der Waals surface area contributed by atoms with Crippen molar-refractivity contribution in [1.82, 2.24) is 0 Å². The average Bonchev–Trinajstić information content (AvgIpc) is 3.77. The second-order valence-electron chi connectivity index (χ2n) is 17.1. The summed E-state index contributed by atoms with van der Waals surface area (Å²) in [5.74, 6) is 0. The van der Waals surface area contributed by atoms with Gasteiger partial charge in [-0.15, -0.1) is 0 Å². The molecule has 0 atom stereocenters. The average molecular weight is 763 g/mol. The highest BCUT2D eigenvalue weighted by atomic mass is 16.3. The molecular formula is C59H38O. The topological polar surface area (TPSA) is 13.1 Å². The Morgan fingerprint density at radius 2 is 0.850 bits per heavy atom. The van der Waals surface area contributed by atoms with E-state index in [0.29, 0.717) is 0 Å². The van der Waals surface area contributed by atoms with Crippen LogP contribution in [-0.4, -0.2) is 0 Å². The zero-order valence-corrected chi connectivity index (χ0v) is 33.4. The highest BCUT2D eigenvalue weighted by Crippen LogP contribution is 2.54. The van der Waals surface area contributed by atoms with E-state index in [1.807, 2.05) is 0 Å². The molecule has 0 spiro atoms. The van der Waals surface area contributed by atoms with Gasteiger partial charge in [-0.05, 0) is 140 Å². The van der Waals surface area contributed by atoms with Gasteiger partial charge in [0.2, 0.25) is 0 Å². The lowest BCUT2D eigenvalue weighted by Gasteiger charge is -2.21. The van der Waals surface area contributed by atoms with Crippen molar-refractivity contribution in [3.05, 3.63) is 205 Å². The van der Waals surface area contributed by atoms with Gasteiger partial charge in [0.1, 0.15) is 11.2 Å². The summed E-state index contributed by atoms with van der Waals surface area (Å²) in [6.07, 6.45) is 0. The van der Waals surface area contributed by atoms with Crippen LogP contribution >= 0.6 is 0 Å². The van der Waals surface area contributed by atoms with Crippen LogP contribution in [0.15, 0.2) is 199 Å². The Hall–Kier alpha value is -7.48. The first-order valence-corrected chi connectivity index (χ1v) is 21.0. The summed E-state index contributed by atoms with van der Waals surface area (Å²) in [7, 11) is 0. The van der Waals surface area contributed by atoms with Gasteiger partial charge in [0.05, 0.1) is 0 Å². The molecule has 0 radical (unpaired) electrons. The van der Waals surface area contributed by atoms with Crippen LogP contribution in [0.4, 0.5) is 0 Å². The summed E-state index contributed by atoms with van der Waals surface area (Å²) < 4.78 is 6.79. The molecule has 0 amide bonds. The van der Waals surface area contributed by atoms with Crippen molar-refractivity contribution < 1.29 is 4.42 Å². The summed E-state index contributed by atoms with van der Waals surface area (Å²) in [6, 6.07) is 71.8. The van der Waals surface area contributed by atoms with E-state index >= 15 is 0 Å². The Balaban J connectivity index is 1.01. The molecule has 0 saturated carbocycles. The Morgan fingerprint density at radius 3 is 1.53 bits per heavy atom. The van der Waals surface area contributed by atoms with Crippen LogP contribution < -0.4 is 0 Å². The lowest BCUT2D eigenvalue weighted by molar-refractivity contribution is 0.657. The van der Waals surface area contributed by atoms with Gasteiger partial charge in [0.15, 0.2) is 0 Å². The molecule has 1 nitrogen and oxygen atoms in total. The van der Waals surface area contributed by atoms with Crippen molar-refractivity contribution in [3.63, 3.8) is 0 Å². The smallest absolute Gasteiger partial charge is 0.136 e. The minimum absolute atomic E-state index is 0.111. The molecule has 0 fully saturated rings. The van der Waals surface area contributed by atoms with Crippen LogP contribution in [0.1, 0.15) is 25.0 Å². The quantitative estimate of drug-likeness (QED) is 0.163.